The number of rotatable bonds is 4. The van der Waals surface area contributed by atoms with Crippen LogP contribution in [0.3, 0.4) is 0 Å². The summed E-state index contributed by atoms with van der Waals surface area (Å²) >= 11 is 1.70. The third-order valence-electron chi connectivity index (χ3n) is 3.72. The average molecular weight is 331 g/mol. The van der Waals surface area contributed by atoms with Gasteiger partial charge in [-0.15, -0.1) is 11.8 Å². The van der Waals surface area contributed by atoms with Crippen LogP contribution in [0.4, 0.5) is 4.39 Å². The molecule has 23 heavy (non-hydrogen) atoms. The summed E-state index contributed by atoms with van der Waals surface area (Å²) < 4.78 is 19.0. The van der Waals surface area contributed by atoms with Crippen molar-refractivity contribution in [2.24, 2.45) is 0 Å². The van der Waals surface area contributed by atoms with Gasteiger partial charge in [-0.1, -0.05) is 6.07 Å². The van der Waals surface area contributed by atoms with Crippen molar-refractivity contribution in [1.82, 2.24) is 5.32 Å². The van der Waals surface area contributed by atoms with E-state index in [0.717, 1.165) is 22.6 Å². The number of carbonyl (C=O) groups is 1. The van der Waals surface area contributed by atoms with Gasteiger partial charge in [0.25, 0.3) is 5.91 Å². The van der Waals surface area contributed by atoms with E-state index in [1.54, 1.807) is 36.0 Å². The summed E-state index contributed by atoms with van der Waals surface area (Å²) in [6.07, 6.45) is 0.790. The van der Waals surface area contributed by atoms with Gasteiger partial charge in [0.1, 0.15) is 11.6 Å². The van der Waals surface area contributed by atoms with Crippen LogP contribution >= 0.6 is 11.8 Å². The van der Waals surface area contributed by atoms with Gasteiger partial charge in [0, 0.05) is 16.2 Å². The van der Waals surface area contributed by atoms with E-state index in [0.29, 0.717) is 17.9 Å². The van der Waals surface area contributed by atoms with E-state index in [4.69, 9.17) is 4.74 Å². The zero-order chi connectivity index (χ0) is 16.2. The van der Waals surface area contributed by atoms with Gasteiger partial charge in [-0.05, 0) is 55.3 Å². The molecule has 2 aromatic rings. The number of halogens is 1. The number of hydrogen-bond donors (Lipinski definition) is 1. The molecule has 0 aromatic heterocycles. The Morgan fingerprint density at radius 1 is 1.35 bits per heavy atom. The van der Waals surface area contributed by atoms with Gasteiger partial charge in [0.05, 0.1) is 12.6 Å². The van der Waals surface area contributed by atoms with Crippen LogP contribution in [0.25, 0.3) is 0 Å². The second-order valence-corrected chi connectivity index (χ2v) is 6.44. The van der Waals surface area contributed by atoms with E-state index in [9.17, 15) is 9.18 Å². The van der Waals surface area contributed by atoms with Crippen molar-refractivity contribution in [2.45, 2.75) is 24.3 Å². The van der Waals surface area contributed by atoms with Gasteiger partial charge >= 0.3 is 0 Å². The van der Waals surface area contributed by atoms with Gasteiger partial charge in [0.15, 0.2) is 0 Å². The quantitative estimate of drug-likeness (QED) is 0.913. The molecule has 0 bridgehead atoms. The van der Waals surface area contributed by atoms with Crippen molar-refractivity contribution in [3.05, 3.63) is 59.4 Å². The first-order chi connectivity index (χ1) is 11.2. The Hall–Kier alpha value is -2.01. The topological polar surface area (TPSA) is 38.3 Å². The summed E-state index contributed by atoms with van der Waals surface area (Å²) in [7, 11) is 0. The molecule has 120 valence electrons. The molecule has 1 heterocycles. The van der Waals surface area contributed by atoms with Crippen molar-refractivity contribution in [1.29, 1.82) is 0 Å². The number of carbonyl (C=O) groups excluding carboxylic acids is 1. The normalized spacial score (nSPS) is 16.5. The summed E-state index contributed by atoms with van der Waals surface area (Å²) in [6, 6.07) is 11.7. The molecule has 1 aliphatic heterocycles. The Kier molecular flexibility index (Phi) is 4.86. The second kappa shape index (κ2) is 7.04. The minimum Gasteiger partial charge on any atom is -0.494 e. The average Bonchev–Trinajstić information content (AvgIpc) is 2.56. The maximum atomic E-state index is 13.5. The van der Waals surface area contributed by atoms with Crippen molar-refractivity contribution < 1.29 is 13.9 Å². The van der Waals surface area contributed by atoms with E-state index in [1.165, 1.54) is 12.1 Å². The van der Waals surface area contributed by atoms with E-state index >= 15 is 0 Å². The Morgan fingerprint density at radius 3 is 3.04 bits per heavy atom. The van der Waals surface area contributed by atoms with Crippen LogP contribution in [0, 0.1) is 5.82 Å². The highest BCUT2D eigenvalue weighted by Crippen LogP contribution is 2.36. The van der Waals surface area contributed by atoms with Gasteiger partial charge in [-0.25, -0.2) is 4.39 Å². The molecule has 1 atom stereocenters. The van der Waals surface area contributed by atoms with Gasteiger partial charge in [-0.2, -0.15) is 0 Å². The van der Waals surface area contributed by atoms with Gasteiger partial charge < -0.3 is 10.1 Å². The smallest absolute Gasteiger partial charge is 0.251 e. The van der Waals surface area contributed by atoms with E-state index in [2.05, 4.69) is 5.32 Å². The molecule has 0 radical (unpaired) electrons. The minimum atomic E-state index is -0.274. The van der Waals surface area contributed by atoms with Crippen molar-refractivity contribution >= 4 is 17.7 Å². The number of amides is 1. The molecule has 0 saturated carbocycles. The summed E-state index contributed by atoms with van der Waals surface area (Å²) in [5, 5.41) is 3.01. The third kappa shape index (κ3) is 3.67. The third-order valence-corrected chi connectivity index (χ3v) is 4.85. The number of benzene rings is 2. The van der Waals surface area contributed by atoms with Gasteiger partial charge in [-0.3, -0.25) is 4.79 Å². The molecular weight excluding hydrogens is 313 g/mol. The molecule has 1 aliphatic rings. The molecule has 3 rings (SSSR count). The standard InChI is InChI=1S/C18H18FNO2S/c1-2-22-14-5-3-4-12(10-14)18(21)20-16-8-9-23-17-7-6-13(19)11-15(16)17/h3-7,10-11,16H,2,8-9H2,1H3,(H,20,21). The largest absolute Gasteiger partial charge is 0.494 e. The summed E-state index contributed by atoms with van der Waals surface area (Å²) in [5.41, 5.74) is 1.41. The van der Waals surface area contributed by atoms with Crippen LogP contribution in [0.5, 0.6) is 5.75 Å². The highest BCUT2D eigenvalue weighted by atomic mass is 32.2. The maximum Gasteiger partial charge on any atom is 0.251 e. The highest BCUT2D eigenvalue weighted by Gasteiger charge is 2.23. The lowest BCUT2D eigenvalue weighted by atomic mass is 10.0. The first-order valence-corrected chi connectivity index (χ1v) is 8.62. The lowest BCUT2D eigenvalue weighted by Gasteiger charge is -2.26. The van der Waals surface area contributed by atoms with E-state index < -0.39 is 0 Å². The Labute approximate surface area is 139 Å². The molecule has 1 unspecified atom stereocenters. The molecular formula is C18H18FNO2S. The molecule has 0 aliphatic carbocycles. The predicted octanol–water partition coefficient (Wildman–Crippen LogP) is 4.19. The van der Waals surface area contributed by atoms with Crippen LogP contribution in [-0.4, -0.2) is 18.3 Å². The number of thioether (sulfide) groups is 1. The summed E-state index contributed by atoms with van der Waals surface area (Å²) in [4.78, 5) is 13.5. The predicted molar refractivity (Wildman–Crippen MR) is 89.6 cm³/mol. The molecule has 1 N–H and O–H groups in total. The lowest BCUT2D eigenvalue weighted by molar-refractivity contribution is 0.0934. The zero-order valence-corrected chi connectivity index (χ0v) is 13.7. The number of hydrogen-bond acceptors (Lipinski definition) is 3. The molecule has 0 spiro atoms. The van der Waals surface area contributed by atoms with Crippen LogP contribution < -0.4 is 10.1 Å². The fourth-order valence-electron chi connectivity index (χ4n) is 2.65. The number of nitrogens with one attached hydrogen (secondary N) is 1. The van der Waals surface area contributed by atoms with Gasteiger partial charge in [0.2, 0.25) is 0 Å². The van der Waals surface area contributed by atoms with Crippen LogP contribution in [-0.2, 0) is 0 Å². The minimum absolute atomic E-state index is 0.162. The maximum absolute atomic E-state index is 13.5. The number of fused-ring (bicyclic) bond motifs is 1. The molecule has 1 amide bonds. The van der Waals surface area contributed by atoms with E-state index in [-0.39, 0.29) is 17.8 Å². The van der Waals surface area contributed by atoms with Crippen LogP contribution in [0.1, 0.15) is 35.3 Å². The van der Waals surface area contributed by atoms with Crippen molar-refractivity contribution in [3.8, 4) is 5.75 Å². The lowest BCUT2D eigenvalue weighted by Crippen LogP contribution is -2.30. The Morgan fingerprint density at radius 2 is 2.22 bits per heavy atom. The van der Waals surface area contributed by atoms with Crippen molar-refractivity contribution in [2.75, 3.05) is 12.4 Å². The Bertz CT molecular complexity index is 720. The first kappa shape index (κ1) is 15.9. The molecule has 0 fully saturated rings. The molecule has 5 heteroatoms. The first-order valence-electron chi connectivity index (χ1n) is 7.63. The molecule has 0 saturated heterocycles. The van der Waals surface area contributed by atoms with Crippen LogP contribution in [0.15, 0.2) is 47.4 Å². The molecule has 3 nitrogen and oxygen atoms in total. The SMILES string of the molecule is CCOc1cccc(C(=O)NC2CCSc3ccc(F)cc32)c1. The number of ether oxygens (including phenoxy) is 1. The molecule has 2 aromatic carbocycles. The second-order valence-electron chi connectivity index (χ2n) is 5.31. The highest BCUT2D eigenvalue weighted by molar-refractivity contribution is 7.99. The summed E-state index contributed by atoms with van der Waals surface area (Å²) in [5.74, 6) is 1.14. The van der Waals surface area contributed by atoms with Crippen molar-refractivity contribution in [3.63, 3.8) is 0 Å². The summed E-state index contributed by atoms with van der Waals surface area (Å²) in [6.45, 7) is 2.45. The fraction of sp³-hybridized carbons (Fsp3) is 0.278. The van der Waals surface area contributed by atoms with E-state index in [1.807, 2.05) is 13.0 Å². The zero-order valence-electron chi connectivity index (χ0n) is 12.8. The monoisotopic (exact) mass is 331 g/mol. The Balaban J connectivity index is 1.79. The van der Waals surface area contributed by atoms with Crippen LogP contribution in [0.2, 0.25) is 0 Å². The fourth-order valence-corrected chi connectivity index (χ4v) is 3.76.